The number of benzene rings is 3. The number of ether oxygens (including phenoxy) is 1. The zero-order chi connectivity index (χ0) is 20.1. The molecule has 29 heavy (non-hydrogen) atoms. The molecule has 0 aliphatic rings. The van der Waals surface area contributed by atoms with Gasteiger partial charge in [0, 0.05) is 22.4 Å². The molecule has 0 fully saturated rings. The van der Waals surface area contributed by atoms with Crippen LogP contribution in [-0.2, 0) is 4.74 Å². The molecule has 0 aliphatic carbocycles. The van der Waals surface area contributed by atoms with Crippen LogP contribution in [0.2, 0.25) is 0 Å². The van der Waals surface area contributed by atoms with Crippen molar-refractivity contribution in [3.8, 4) is 11.1 Å². The number of para-hydroxylation sites is 1. The molecular weight excluding hydrogens is 360 g/mol. The van der Waals surface area contributed by atoms with Crippen LogP contribution in [0.3, 0.4) is 0 Å². The Bertz CT molecular complexity index is 1410. The fourth-order valence-corrected chi connectivity index (χ4v) is 4.33. The standard InChI is InChI=1S/C25H20N2O2/c1-15-8-6-9-16(2)22(15)18-11-7-12-19-23(18)17-10-4-5-13-21(17)27-14-20(25(28)29-3)26-24(19)27/h4-14H,1-3H3. The Kier molecular flexibility index (Phi) is 3.88. The van der Waals surface area contributed by atoms with Gasteiger partial charge in [0.15, 0.2) is 5.69 Å². The molecule has 5 aromatic rings. The maximum absolute atomic E-state index is 12.1. The smallest absolute Gasteiger partial charge is 0.358 e. The molecule has 0 aliphatic heterocycles. The number of aryl methyl sites for hydroxylation is 2. The van der Waals surface area contributed by atoms with Gasteiger partial charge in [-0.25, -0.2) is 9.78 Å². The summed E-state index contributed by atoms with van der Waals surface area (Å²) < 4.78 is 6.88. The van der Waals surface area contributed by atoms with Crippen LogP contribution in [0.25, 0.3) is 38.4 Å². The van der Waals surface area contributed by atoms with Crippen LogP contribution in [-0.4, -0.2) is 22.5 Å². The summed E-state index contributed by atoms with van der Waals surface area (Å²) in [6, 6.07) is 20.9. The third kappa shape index (κ3) is 2.53. The van der Waals surface area contributed by atoms with Crippen molar-refractivity contribution in [2.24, 2.45) is 0 Å². The molecule has 2 heterocycles. The lowest BCUT2D eigenvalue weighted by Gasteiger charge is -2.16. The van der Waals surface area contributed by atoms with Gasteiger partial charge in [-0.15, -0.1) is 0 Å². The van der Waals surface area contributed by atoms with Crippen LogP contribution >= 0.6 is 0 Å². The maximum Gasteiger partial charge on any atom is 0.358 e. The molecule has 4 heteroatoms. The SMILES string of the molecule is COC(=O)c1cn2c3ccccc3c3c(-c4c(C)cccc4C)cccc3c2n1. The first-order valence-electron chi connectivity index (χ1n) is 9.57. The number of imidazole rings is 1. The average molecular weight is 380 g/mol. The van der Waals surface area contributed by atoms with Crippen LogP contribution in [0.4, 0.5) is 0 Å². The first-order chi connectivity index (χ1) is 14.1. The number of fused-ring (bicyclic) bond motifs is 6. The fraction of sp³-hybridized carbons (Fsp3) is 0.120. The van der Waals surface area contributed by atoms with Crippen molar-refractivity contribution in [2.45, 2.75) is 13.8 Å². The van der Waals surface area contributed by atoms with Crippen molar-refractivity contribution < 1.29 is 9.53 Å². The van der Waals surface area contributed by atoms with E-state index in [0.29, 0.717) is 5.69 Å². The molecule has 0 radical (unpaired) electrons. The third-order valence-electron chi connectivity index (χ3n) is 5.59. The van der Waals surface area contributed by atoms with E-state index < -0.39 is 5.97 Å². The van der Waals surface area contributed by atoms with E-state index >= 15 is 0 Å². The summed E-state index contributed by atoms with van der Waals surface area (Å²) in [6.07, 6.45) is 1.76. The molecule has 0 bridgehead atoms. The molecule has 3 aromatic carbocycles. The van der Waals surface area contributed by atoms with E-state index in [4.69, 9.17) is 4.74 Å². The Balaban J connectivity index is 2.01. The number of hydrogen-bond acceptors (Lipinski definition) is 3. The molecule has 2 aromatic heterocycles. The van der Waals surface area contributed by atoms with E-state index in [0.717, 1.165) is 27.3 Å². The van der Waals surface area contributed by atoms with Crippen LogP contribution in [0.5, 0.6) is 0 Å². The van der Waals surface area contributed by atoms with Gasteiger partial charge in [0.05, 0.1) is 12.6 Å². The lowest BCUT2D eigenvalue weighted by atomic mass is 9.90. The summed E-state index contributed by atoms with van der Waals surface area (Å²) in [6.45, 7) is 4.29. The monoisotopic (exact) mass is 380 g/mol. The molecule has 0 N–H and O–H groups in total. The Morgan fingerprint density at radius 1 is 0.897 bits per heavy atom. The first-order valence-corrected chi connectivity index (χ1v) is 9.57. The molecule has 142 valence electrons. The van der Waals surface area contributed by atoms with E-state index in [-0.39, 0.29) is 0 Å². The highest BCUT2D eigenvalue weighted by atomic mass is 16.5. The molecule has 0 spiro atoms. The molecule has 5 rings (SSSR count). The third-order valence-corrected chi connectivity index (χ3v) is 5.59. The fourth-order valence-electron chi connectivity index (χ4n) is 4.33. The second-order valence-electron chi connectivity index (χ2n) is 7.32. The van der Waals surface area contributed by atoms with Crippen molar-refractivity contribution >= 4 is 33.3 Å². The number of rotatable bonds is 2. The topological polar surface area (TPSA) is 43.6 Å². The van der Waals surface area contributed by atoms with Gasteiger partial charge in [-0.05, 0) is 42.2 Å². The van der Waals surface area contributed by atoms with Gasteiger partial charge in [0.1, 0.15) is 5.65 Å². The first kappa shape index (κ1) is 17.4. The van der Waals surface area contributed by atoms with E-state index in [1.807, 2.05) is 16.5 Å². The predicted molar refractivity (Wildman–Crippen MR) is 116 cm³/mol. The summed E-state index contributed by atoms with van der Waals surface area (Å²) in [5, 5.41) is 3.29. The van der Waals surface area contributed by atoms with Gasteiger partial charge in [-0.3, -0.25) is 4.40 Å². The molecule has 4 nitrogen and oxygen atoms in total. The number of carbonyl (C=O) groups excluding carboxylic acids is 1. The molecule has 0 atom stereocenters. The lowest BCUT2D eigenvalue weighted by Crippen LogP contribution is -2.00. The van der Waals surface area contributed by atoms with Gasteiger partial charge in [-0.1, -0.05) is 54.6 Å². The highest BCUT2D eigenvalue weighted by molar-refractivity contribution is 6.18. The number of pyridine rings is 1. The van der Waals surface area contributed by atoms with Crippen molar-refractivity contribution in [2.75, 3.05) is 7.11 Å². The van der Waals surface area contributed by atoms with Gasteiger partial charge >= 0.3 is 5.97 Å². The minimum absolute atomic E-state index is 0.308. The summed E-state index contributed by atoms with van der Waals surface area (Å²) in [7, 11) is 1.38. The van der Waals surface area contributed by atoms with Gasteiger partial charge < -0.3 is 4.74 Å². The van der Waals surface area contributed by atoms with Gasteiger partial charge in [0.2, 0.25) is 0 Å². The number of aromatic nitrogens is 2. The highest BCUT2D eigenvalue weighted by Gasteiger charge is 2.18. The second-order valence-corrected chi connectivity index (χ2v) is 7.32. The van der Waals surface area contributed by atoms with Crippen LogP contribution < -0.4 is 0 Å². The molecule has 0 saturated carbocycles. The molecular formula is C25H20N2O2. The Labute approximate surface area is 168 Å². The number of nitrogens with zero attached hydrogens (tertiary/aromatic N) is 2. The zero-order valence-electron chi connectivity index (χ0n) is 16.6. The quantitative estimate of drug-likeness (QED) is 0.291. The highest BCUT2D eigenvalue weighted by Crippen LogP contribution is 2.39. The summed E-state index contributed by atoms with van der Waals surface area (Å²) in [4.78, 5) is 16.8. The number of hydrogen-bond donors (Lipinski definition) is 0. The van der Waals surface area contributed by atoms with Crippen molar-refractivity contribution in [3.05, 3.63) is 83.7 Å². The Morgan fingerprint density at radius 2 is 1.59 bits per heavy atom. The lowest BCUT2D eigenvalue weighted by molar-refractivity contribution is 0.0595. The summed E-state index contributed by atoms with van der Waals surface area (Å²) in [5.41, 5.74) is 6.97. The van der Waals surface area contributed by atoms with Gasteiger partial charge in [0.25, 0.3) is 0 Å². The number of esters is 1. The van der Waals surface area contributed by atoms with E-state index in [9.17, 15) is 4.79 Å². The Morgan fingerprint density at radius 3 is 2.34 bits per heavy atom. The largest absolute Gasteiger partial charge is 0.464 e. The summed E-state index contributed by atoms with van der Waals surface area (Å²) in [5.74, 6) is -0.433. The van der Waals surface area contributed by atoms with E-state index in [1.54, 1.807) is 6.20 Å². The molecule has 0 saturated heterocycles. The van der Waals surface area contributed by atoms with Crippen LogP contribution in [0.15, 0.2) is 66.9 Å². The summed E-state index contributed by atoms with van der Waals surface area (Å²) >= 11 is 0. The van der Waals surface area contributed by atoms with E-state index in [2.05, 4.69) is 67.4 Å². The second kappa shape index (κ2) is 6.45. The molecule has 0 amide bonds. The minimum atomic E-state index is -0.433. The molecule has 0 unspecified atom stereocenters. The number of carbonyl (C=O) groups is 1. The maximum atomic E-state index is 12.1. The normalized spacial score (nSPS) is 11.4. The Hall–Kier alpha value is -3.66. The minimum Gasteiger partial charge on any atom is -0.464 e. The van der Waals surface area contributed by atoms with E-state index in [1.165, 1.54) is 29.4 Å². The zero-order valence-corrected chi connectivity index (χ0v) is 16.6. The predicted octanol–water partition coefficient (Wildman–Crippen LogP) is 5.71. The number of methoxy groups -OCH3 is 1. The van der Waals surface area contributed by atoms with Gasteiger partial charge in [-0.2, -0.15) is 0 Å². The average Bonchev–Trinajstić information content (AvgIpc) is 3.19. The van der Waals surface area contributed by atoms with Crippen LogP contribution in [0.1, 0.15) is 21.6 Å². The van der Waals surface area contributed by atoms with Crippen LogP contribution in [0, 0.1) is 13.8 Å². The van der Waals surface area contributed by atoms with Crippen molar-refractivity contribution in [3.63, 3.8) is 0 Å². The van der Waals surface area contributed by atoms with Crippen molar-refractivity contribution in [1.29, 1.82) is 0 Å². The van der Waals surface area contributed by atoms with Crippen molar-refractivity contribution in [1.82, 2.24) is 9.38 Å².